The van der Waals surface area contributed by atoms with Crippen LogP contribution < -0.4 is 15.4 Å². The highest BCUT2D eigenvalue weighted by Gasteiger charge is 2.32. The van der Waals surface area contributed by atoms with Crippen LogP contribution in [0.1, 0.15) is 24.2 Å². The van der Waals surface area contributed by atoms with E-state index in [9.17, 15) is 18.8 Å². The molecule has 0 heterocycles. The Kier molecular flexibility index (Phi) is 6.70. The number of halogens is 1. The van der Waals surface area contributed by atoms with Gasteiger partial charge >= 0.3 is 5.97 Å². The number of nitrogens with one attached hydrogen (secondary N) is 2. The van der Waals surface area contributed by atoms with Gasteiger partial charge in [-0.2, -0.15) is 0 Å². The van der Waals surface area contributed by atoms with E-state index in [4.69, 9.17) is 9.47 Å². The standard InChI is InChI=1S/C20H21FN2O5/c1-20(2,28-16-9-7-14(21)8-10-16)19(26)27-12-17(24)23-15-6-4-5-13(11-15)18(25)22-3/h4-11H,12H2,1-3H3,(H,22,25)(H,23,24). The molecule has 148 valence electrons. The molecule has 0 aliphatic rings. The number of hydrogen-bond donors (Lipinski definition) is 2. The van der Waals surface area contributed by atoms with E-state index in [1.54, 1.807) is 18.2 Å². The number of amides is 2. The highest BCUT2D eigenvalue weighted by molar-refractivity contribution is 5.97. The van der Waals surface area contributed by atoms with Gasteiger partial charge in [-0.3, -0.25) is 9.59 Å². The van der Waals surface area contributed by atoms with Crippen molar-refractivity contribution in [2.45, 2.75) is 19.4 Å². The molecule has 0 saturated carbocycles. The number of hydrogen-bond acceptors (Lipinski definition) is 5. The van der Waals surface area contributed by atoms with Crippen molar-refractivity contribution >= 4 is 23.5 Å². The van der Waals surface area contributed by atoms with Crippen molar-refractivity contribution in [3.05, 3.63) is 59.9 Å². The molecule has 2 N–H and O–H groups in total. The molecule has 0 aliphatic carbocycles. The fourth-order valence-electron chi connectivity index (χ4n) is 2.22. The summed E-state index contributed by atoms with van der Waals surface area (Å²) in [5, 5.41) is 5.03. The van der Waals surface area contributed by atoms with Gasteiger partial charge in [0.15, 0.2) is 12.2 Å². The molecule has 0 spiro atoms. The van der Waals surface area contributed by atoms with Crippen LogP contribution in [0.5, 0.6) is 5.75 Å². The van der Waals surface area contributed by atoms with Gasteiger partial charge in [0.2, 0.25) is 0 Å². The second-order valence-corrected chi connectivity index (χ2v) is 6.35. The molecule has 2 amide bonds. The average molecular weight is 388 g/mol. The summed E-state index contributed by atoms with van der Waals surface area (Å²) < 4.78 is 23.5. The van der Waals surface area contributed by atoms with Crippen LogP contribution in [0, 0.1) is 5.82 Å². The maximum atomic E-state index is 12.9. The molecule has 7 nitrogen and oxygen atoms in total. The summed E-state index contributed by atoms with van der Waals surface area (Å²) in [5.41, 5.74) is -0.604. The van der Waals surface area contributed by atoms with Crippen LogP contribution in [0.2, 0.25) is 0 Å². The minimum absolute atomic E-state index is 0.290. The SMILES string of the molecule is CNC(=O)c1cccc(NC(=O)COC(=O)C(C)(C)Oc2ccc(F)cc2)c1. The third kappa shape index (κ3) is 5.80. The molecule has 0 fully saturated rings. The van der Waals surface area contributed by atoms with Gasteiger partial charge in [0, 0.05) is 18.3 Å². The molecule has 0 unspecified atom stereocenters. The van der Waals surface area contributed by atoms with Crippen LogP contribution in [0.15, 0.2) is 48.5 Å². The van der Waals surface area contributed by atoms with Crippen LogP contribution in [-0.4, -0.2) is 37.0 Å². The molecule has 0 bridgehead atoms. The van der Waals surface area contributed by atoms with Crippen LogP contribution in [0.3, 0.4) is 0 Å². The molecule has 28 heavy (non-hydrogen) atoms. The van der Waals surface area contributed by atoms with Crippen molar-refractivity contribution in [1.29, 1.82) is 0 Å². The van der Waals surface area contributed by atoms with Gasteiger partial charge in [-0.25, -0.2) is 9.18 Å². The quantitative estimate of drug-likeness (QED) is 0.711. The minimum Gasteiger partial charge on any atom is -0.476 e. The molecule has 2 aromatic carbocycles. The van der Waals surface area contributed by atoms with E-state index in [0.29, 0.717) is 17.0 Å². The average Bonchev–Trinajstić information content (AvgIpc) is 2.67. The zero-order valence-corrected chi connectivity index (χ0v) is 15.7. The summed E-state index contributed by atoms with van der Waals surface area (Å²) in [7, 11) is 1.50. The molecule has 0 radical (unpaired) electrons. The first kappa shape index (κ1) is 20.9. The summed E-state index contributed by atoms with van der Waals surface area (Å²) >= 11 is 0. The van der Waals surface area contributed by atoms with Gasteiger partial charge in [0.05, 0.1) is 0 Å². The lowest BCUT2D eigenvalue weighted by molar-refractivity contribution is -0.161. The van der Waals surface area contributed by atoms with Gasteiger partial charge in [0.25, 0.3) is 11.8 Å². The van der Waals surface area contributed by atoms with E-state index in [-0.39, 0.29) is 5.91 Å². The molecular weight excluding hydrogens is 367 g/mol. The molecule has 8 heteroatoms. The van der Waals surface area contributed by atoms with Crippen molar-refractivity contribution in [3.8, 4) is 5.75 Å². The van der Waals surface area contributed by atoms with E-state index in [2.05, 4.69) is 10.6 Å². The normalized spacial score (nSPS) is 10.7. The zero-order chi connectivity index (χ0) is 20.7. The first-order chi connectivity index (χ1) is 13.2. The van der Waals surface area contributed by atoms with E-state index in [1.165, 1.54) is 51.2 Å². The third-order valence-electron chi connectivity index (χ3n) is 3.65. The van der Waals surface area contributed by atoms with Crippen LogP contribution >= 0.6 is 0 Å². The number of anilines is 1. The first-order valence-corrected chi connectivity index (χ1v) is 8.45. The van der Waals surface area contributed by atoms with Gasteiger partial charge in [-0.1, -0.05) is 6.07 Å². The van der Waals surface area contributed by atoms with Gasteiger partial charge in [-0.05, 0) is 56.3 Å². The Morgan fingerprint density at radius 1 is 1.07 bits per heavy atom. The molecule has 0 aliphatic heterocycles. The van der Waals surface area contributed by atoms with E-state index in [1.807, 2.05) is 0 Å². The number of benzene rings is 2. The van der Waals surface area contributed by atoms with E-state index in [0.717, 1.165) is 0 Å². The number of ether oxygens (including phenoxy) is 2. The Labute approximate surface area is 161 Å². The van der Waals surface area contributed by atoms with Crippen molar-refractivity contribution in [2.75, 3.05) is 19.0 Å². The fraction of sp³-hybridized carbons (Fsp3) is 0.250. The number of carbonyl (C=O) groups is 3. The predicted molar refractivity (Wildman–Crippen MR) is 101 cm³/mol. The summed E-state index contributed by atoms with van der Waals surface area (Å²) in [6.07, 6.45) is 0. The van der Waals surface area contributed by atoms with Gasteiger partial charge < -0.3 is 20.1 Å². The summed E-state index contributed by atoms with van der Waals surface area (Å²) in [5.74, 6) is -1.75. The smallest absolute Gasteiger partial charge is 0.350 e. The highest BCUT2D eigenvalue weighted by atomic mass is 19.1. The van der Waals surface area contributed by atoms with Crippen molar-refractivity contribution < 1.29 is 28.2 Å². The zero-order valence-electron chi connectivity index (χ0n) is 15.7. The van der Waals surface area contributed by atoms with E-state index < -0.39 is 29.9 Å². The third-order valence-corrected chi connectivity index (χ3v) is 3.65. The molecular formula is C20H21FN2O5. The predicted octanol–water partition coefficient (Wildman–Crippen LogP) is 2.52. The second kappa shape index (κ2) is 8.98. The Hall–Kier alpha value is -3.42. The molecule has 0 saturated heterocycles. The largest absolute Gasteiger partial charge is 0.476 e. The van der Waals surface area contributed by atoms with Gasteiger partial charge in [-0.15, -0.1) is 0 Å². The summed E-state index contributed by atoms with van der Waals surface area (Å²) in [6, 6.07) is 11.5. The highest BCUT2D eigenvalue weighted by Crippen LogP contribution is 2.20. The fourth-order valence-corrected chi connectivity index (χ4v) is 2.22. The van der Waals surface area contributed by atoms with Crippen LogP contribution in [-0.2, 0) is 14.3 Å². The lowest BCUT2D eigenvalue weighted by Crippen LogP contribution is -2.41. The number of rotatable bonds is 7. The Morgan fingerprint density at radius 3 is 2.39 bits per heavy atom. The Morgan fingerprint density at radius 2 is 1.75 bits per heavy atom. The van der Waals surface area contributed by atoms with Crippen LogP contribution in [0.4, 0.5) is 10.1 Å². The monoisotopic (exact) mass is 388 g/mol. The summed E-state index contributed by atoms with van der Waals surface area (Å²) in [6.45, 7) is 2.42. The van der Waals surface area contributed by atoms with Crippen LogP contribution in [0.25, 0.3) is 0 Å². The topological polar surface area (TPSA) is 93.7 Å². The lowest BCUT2D eigenvalue weighted by atomic mass is 10.1. The molecule has 2 rings (SSSR count). The Balaban J connectivity index is 1.90. The van der Waals surface area contributed by atoms with Crippen molar-refractivity contribution in [1.82, 2.24) is 5.32 Å². The second-order valence-electron chi connectivity index (χ2n) is 6.35. The molecule has 2 aromatic rings. The summed E-state index contributed by atoms with van der Waals surface area (Å²) in [4.78, 5) is 35.9. The molecule has 0 atom stereocenters. The van der Waals surface area contributed by atoms with Crippen molar-refractivity contribution in [3.63, 3.8) is 0 Å². The number of carbonyl (C=O) groups excluding carboxylic acids is 3. The van der Waals surface area contributed by atoms with Crippen molar-refractivity contribution in [2.24, 2.45) is 0 Å². The van der Waals surface area contributed by atoms with E-state index >= 15 is 0 Å². The van der Waals surface area contributed by atoms with Gasteiger partial charge in [0.1, 0.15) is 11.6 Å². The first-order valence-electron chi connectivity index (χ1n) is 8.45. The Bertz CT molecular complexity index is 865. The maximum absolute atomic E-state index is 12.9. The molecule has 0 aromatic heterocycles. The minimum atomic E-state index is -1.38. The maximum Gasteiger partial charge on any atom is 0.350 e. The lowest BCUT2D eigenvalue weighted by Gasteiger charge is -2.24. The number of esters is 1.